The predicted octanol–water partition coefficient (Wildman–Crippen LogP) is 3.54. The first-order chi connectivity index (χ1) is 14.4. The molecule has 0 amide bonds. The SMILES string of the molecule is [c]1cc2c(c(-c3cc4c(c(-c5cc6c(cn5)OCCO6)n3)OCS4)n1)OCCC2. The molecule has 0 N–H and O–H groups in total. The summed E-state index contributed by atoms with van der Waals surface area (Å²) >= 11 is 1.63. The average molecular weight is 406 g/mol. The Bertz CT molecular complexity index is 1120. The van der Waals surface area contributed by atoms with Crippen LogP contribution in [0.1, 0.15) is 12.0 Å². The third-order valence-electron chi connectivity index (χ3n) is 5.03. The van der Waals surface area contributed by atoms with Gasteiger partial charge in [-0.05, 0) is 30.5 Å². The van der Waals surface area contributed by atoms with Crippen LogP contribution in [0, 0.1) is 6.20 Å². The van der Waals surface area contributed by atoms with E-state index in [1.54, 1.807) is 18.0 Å². The van der Waals surface area contributed by atoms with Crippen molar-refractivity contribution in [1.29, 1.82) is 0 Å². The summed E-state index contributed by atoms with van der Waals surface area (Å²) in [5.74, 6) is 3.38. The molecular weight excluding hydrogens is 390 g/mol. The summed E-state index contributed by atoms with van der Waals surface area (Å²) in [6.45, 7) is 1.73. The van der Waals surface area contributed by atoms with Crippen molar-refractivity contribution >= 4 is 11.8 Å². The monoisotopic (exact) mass is 406 g/mol. The van der Waals surface area contributed by atoms with E-state index >= 15 is 0 Å². The zero-order valence-corrected chi connectivity index (χ0v) is 16.3. The van der Waals surface area contributed by atoms with Gasteiger partial charge in [-0.3, -0.25) is 4.98 Å². The van der Waals surface area contributed by atoms with Gasteiger partial charge in [0, 0.05) is 6.07 Å². The predicted molar refractivity (Wildman–Crippen MR) is 106 cm³/mol. The van der Waals surface area contributed by atoms with Crippen molar-refractivity contribution in [2.45, 2.75) is 17.7 Å². The number of fused-ring (bicyclic) bond motifs is 3. The minimum Gasteiger partial charge on any atom is -0.491 e. The van der Waals surface area contributed by atoms with Crippen LogP contribution in [0.15, 0.2) is 29.3 Å². The van der Waals surface area contributed by atoms with Gasteiger partial charge < -0.3 is 18.9 Å². The van der Waals surface area contributed by atoms with Gasteiger partial charge in [-0.2, -0.15) is 0 Å². The molecule has 0 saturated carbocycles. The second kappa shape index (κ2) is 6.81. The van der Waals surface area contributed by atoms with Crippen LogP contribution in [-0.4, -0.2) is 40.7 Å². The zero-order valence-electron chi connectivity index (χ0n) is 15.4. The third kappa shape index (κ3) is 2.86. The van der Waals surface area contributed by atoms with Gasteiger partial charge in [-0.1, -0.05) is 11.8 Å². The number of nitrogens with zero attached hydrogens (tertiary/aromatic N) is 3. The van der Waals surface area contributed by atoms with E-state index in [0.717, 1.165) is 40.5 Å². The smallest absolute Gasteiger partial charge is 0.179 e. The van der Waals surface area contributed by atoms with Crippen LogP contribution >= 0.6 is 11.8 Å². The zero-order chi connectivity index (χ0) is 19.2. The van der Waals surface area contributed by atoms with Crippen LogP contribution in [0.3, 0.4) is 0 Å². The molecule has 0 spiro atoms. The fourth-order valence-corrected chi connectivity index (χ4v) is 4.47. The highest BCUT2D eigenvalue weighted by atomic mass is 32.2. The molecule has 6 heterocycles. The second-order valence-corrected chi connectivity index (χ2v) is 7.81. The molecule has 3 aromatic heterocycles. The Kier molecular flexibility index (Phi) is 3.97. The molecule has 0 unspecified atom stereocenters. The Morgan fingerprint density at radius 3 is 2.79 bits per heavy atom. The molecule has 8 heteroatoms. The van der Waals surface area contributed by atoms with Crippen molar-refractivity contribution in [3.05, 3.63) is 36.2 Å². The van der Waals surface area contributed by atoms with E-state index in [1.807, 2.05) is 18.2 Å². The largest absolute Gasteiger partial charge is 0.491 e. The molecule has 0 aromatic carbocycles. The summed E-state index contributed by atoms with van der Waals surface area (Å²) in [4.78, 5) is 14.9. The van der Waals surface area contributed by atoms with E-state index in [-0.39, 0.29) is 0 Å². The van der Waals surface area contributed by atoms with Gasteiger partial charge in [0.05, 0.1) is 35.3 Å². The molecule has 0 atom stereocenters. The molecule has 6 rings (SSSR count). The maximum absolute atomic E-state index is 5.94. The minimum absolute atomic E-state index is 0.516. The Labute approximate surface area is 171 Å². The van der Waals surface area contributed by atoms with Crippen molar-refractivity contribution in [2.24, 2.45) is 0 Å². The molecule has 0 aliphatic carbocycles. The quantitative estimate of drug-likeness (QED) is 0.640. The number of aryl methyl sites for hydroxylation is 1. The first-order valence-corrected chi connectivity index (χ1v) is 10.5. The molecule has 0 fully saturated rings. The number of hydrogen-bond donors (Lipinski definition) is 0. The summed E-state index contributed by atoms with van der Waals surface area (Å²) in [6.07, 6.45) is 6.63. The van der Waals surface area contributed by atoms with Gasteiger partial charge in [-0.15, -0.1) is 0 Å². The second-order valence-electron chi connectivity index (χ2n) is 6.84. The third-order valence-corrected chi connectivity index (χ3v) is 5.88. The molecule has 29 heavy (non-hydrogen) atoms. The van der Waals surface area contributed by atoms with Crippen LogP contribution in [0.4, 0.5) is 0 Å². The van der Waals surface area contributed by atoms with Gasteiger partial charge in [0.2, 0.25) is 0 Å². The number of ether oxygens (including phenoxy) is 4. The highest BCUT2D eigenvalue weighted by Gasteiger charge is 2.26. The van der Waals surface area contributed by atoms with Crippen molar-refractivity contribution in [1.82, 2.24) is 15.0 Å². The van der Waals surface area contributed by atoms with E-state index in [9.17, 15) is 0 Å². The summed E-state index contributed by atoms with van der Waals surface area (Å²) in [5, 5.41) is 0. The van der Waals surface area contributed by atoms with Crippen LogP contribution < -0.4 is 18.9 Å². The van der Waals surface area contributed by atoms with E-state index in [0.29, 0.717) is 54.3 Å². The number of pyridine rings is 3. The van der Waals surface area contributed by atoms with Gasteiger partial charge in [0.15, 0.2) is 17.2 Å². The maximum Gasteiger partial charge on any atom is 0.179 e. The fraction of sp³-hybridized carbons (Fsp3) is 0.286. The minimum atomic E-state index is 0.516. The molecule has 3 aromatic rings. The van der Waals surface area contributed by atoms with Gasteiger partial charge in [0.25, 0.3) is 0 Å². The van der Waals surface area contributed by atoms with E-state index in [2.05, 4.69) is 16.2 Å². The Balaban J connectivity index is 1.52. The Morgan fingerprint density at radius 1 is 0.897 bits per heavy atom. The van der Waals surface area contributed by atoms with Crippen molar-refractivity contribution in [2.75, 3.05) is 25.8 Å². The Hall–Kier alpha value is -3.00. The standard InChI is InChI=1S/C21H16N3O4S/c1-2-12-3-4-22-18(20(12)27-5-1)14-9-17-21(28-11-29-17)19(24-14)13-8-15-16(10-23-13)26-7-6-25-15/h3,8-10H,1-2,5-7,11H2. The number of thioether (sulfide) groups is 1. The molecule has 0 saturated heterocycles. The van der Waals surface area contributed by atoms with E-state index in [4.69, 9.17) is 23.9 Å². The molecule has 145 valence electrons. The molecular formula is C21H16N3O4S. The highest BCUT2D eigenvalue weighted by Crippen LogP contribution is 2.46. The Morgan fingerprint density at radius 2 is 1.83 bits per heavy atom. The first kappa shape index (κ1) is 16.9. The molecule has 3 aliphatic rings. The number of hydrogen-bond acceptors (Lipinski definition) is 8. The normalized spacial score (nSPS) is 16.4. The fourth-order valence-electron chi connectivity index (χ4n) is 3.68. The first-order valence-electron chi connectivity index (χ1n) is 9.46. The number of rotatable bonds is 2. The van der Waals surface area contributed by atoms with Crippen LogP contribution in [-0.2, 0) is 6.42 Å². The molecule has 7 nitrogen and oxygen atoms in total. The summed E-state index contributed by atoms with van der Waals surface area (Å²) < 4.78 is 23.1. The van der Waals surface area contributed by atoms with Crippen LogP contribution in [0.25, 0.3) is 22.8 Å². The lowest BCUT2D eigenvalue weighted by atomic mass is 10.0. The summed E-state index contributed by atoms with van der Waals surface area (Å²) in [6, 6.07) is 5.75. The topological polar surface area (TPSA) is 75.6 Å². The summed E-state index contributed by atoms with van der Waals surface area (Å²) in [7, 11) is 0. The lowest BCUT2D eigenvalue weighted by Crippen LogP contribution is -2.15. The molecule has 1 radical (unpaired) electrons. The lowest BCUT2D eigenvalue weighted by Gasteiger charge is -2.20. The van der Waals surface area contributed by atoms with Gasteiger partial charge in [0.1, 0.15) is 36.3 Å². The van der Waals surface area contributed by atoms with Crippen molar-refractivity contribution in [3.63, 3.8) is 0 Å². The lowest BCUT2D eigenvalue weighted by molar-refractivity contribution is 0.171. The van der Waals surface area contributed by atoms with Crippen LogP contribution in [0.5, 0.6) is 23.0 Å². The average Bonchev–Trinajstić information content (AvgIpc) is 3.26. The van der Waals surface area contributed by atoms with Gasteiger partial charge >= 0.3 is 0 Å². The van der Waals surface area contributed by atoms with Crippen LogP contribution in [0.2, 0.25) is 0 Å². The molecule has 3 aliphatic heterocycles. The molecule has 0 bridgehead atoms. The van der Waals surface area contributed by atoms with Crippen molar-refractivity contribution in [3.8, 4) is 45.8 Å². The van der Waals surface area contributed by atoms with Gasteiger partial charge in [-0.25, -0.2) is 9.97 Å². The van der Waals surface area contributed by atoms with Crippen molar-refractivity contribution < 1.29 is 18.9 Å². The highest BCUT2D eigenvalue weighted by molar-refractivity contribution is 7.99. The van der Waals surface area contributed by atoms with E-state index in [1.165, 1.54) is 0 Å². The summed E-state index contributed by atoms with van der Waals surface area (Å²) in [5.41, 5.74) is 3.88. The van der Waals surface area contributed by atoms with E-state index < -0.39 is 0 Å². The maximum atomic E-state index is 5.94. The number of aromatic nitrogens is 3.